The summed E-state index contributed by atoms with van der Waals surface area (Å²) >= 11 is 0. The second-order valence-electron chi connectivity index (χ2n) is 5.40. The van der Waals surface area contributed by atoms with Gasteiger partial charge in [-0.2, -0.15) is 0 Å². The largest absolute Gasteiger partial charge is 0.469 e. The van der Waals surface area contributed by atoms with Crippen LogP contribution in [0.5, 0.6) is 0 Å². The van der Waals surface area contributed by atoms with Crippen LogP contribution in [0.2, 0.25) is 0 Å². The molecule has 0 aliphatic carbocycles. The number of hydrogen-bond donors (Lipinski definition) is 1. The van der Waals surface area contributed by atoms with E-state index in [-0.39, 0.29) is 24.4 Å². The van der Waals surface area contributed by atoms with Crippen molar-refractivity contribution in [3.05, 3.63) is 34.2 Å². The zero-order valence-corrected chi connectivity index (χ0v) is 13.6. The zero-order valence-electron chi connectivity index (χ0n) is 13.6. The number of hydrogen-bond acceptors (Lipinski definition) is 4. The SMILES string of the molecule is COC(=O)CCC(=O)NCCc1ccc2c(c1)n(C)c(=O)n2C. The van der Waals surface area contributed by atoms with E-state index in [0.717, 1.165) is 16.6 Å². The molecule has 1 aromatic carbocycles. The Morgan fingerprint density at radius 1 is 1.13 bits per heavy atom. The summed E-state index contributed by atoms with van der Waals surface area (Å²) in [5, 5.41) is 2.77. The molecule has 0 aliphatic rings. The van der Waals surface area contributed by atoms with Gasteiger partial charge in [-0.25, -0.2) is 4.79 Å². The molecule has 1 N–H and O–H groups in total. The first-order valence-corrected chi connectivity index (χ1v) is 7.42. The molecule has 0 aliphatic heterocycles. The van der Waals surface area contributed by atoms with Crippen LogP contribution in [0, 0.1) is 0 Å². The molecule has 0 saturated heterocycles. The number of imidazole rings is 1. The van der Waals surface area contributed by atoms with Crippen LogP contribution in [0.25, 0.3) is 11.0 Å². The van der Waals surface area contributed by atoms with Crippen LogP contribution in [0.1, 0.15) is 18.4 Å². The summed E-state index contributed by atoms with van der Waals surface area (Å²) in [5.41, 5.74) is 2.72. The third-order valence-corrected chi connectivity index (χ3v) is 3.86. The summed E-state index contributed by atoms with van der Waals surface area (Å²) in [7, 11) is 4.78. The average Bonchev–Trinajstić information content (AvgIpc) is 2.77. The number of fused-ring (bicyclic) bond motifs is 1. The van der Waals surface area contributed by atoms with Crippen molar-refractivity contribution in [3.8, 4) is 0 Å². The van der Waals surface area contributed by atoms with Gasteiger partial charge < -0.3 is 10.1 Å². The van der Waals surface area contributed by atoms with Gasteiger partial charge in [0.2, 0.25) is 5.91 Å². The van der Waals surface area contributed by atoms with Crippen LogP contribution in [-0.2, 0) is 34.8 Å². The number of carbonyl (C=O) groups excluding carboxylic acids is 2. The van der Waals surface area contributed by atoms with E-state index < -0.39 is 5.97 Å². The first-order chi connectivity index (χ1) is 10.9. The predicted molar refractivity (Wildman–Crippen MR) is 86.1 cm³/mol. The molecule has 1 aromatic heterocycles. The minimum Gasteiger partial charge on any atom is -0.469 e. The molecule has 0 atom stereocenters. The smallest absolute Gasteiger partial charge is 0.328 e. The molecule has 0 radical (unpaired) electrons. The molecule has 1 heterocycles. The van der Waals surface area contributed by atoms with Crippen molar-refractivity contribution in [1.29, 1.82) is 0 Å². The van der Waals surface area contributed by atoms with Gasteiger partial charge in [-0.1, -0.05) is 6.07 Å². The van der Waals surface area contributed by atoms with Gasteiger partial charge in [-0.05, 0) is 24.1 Å². The van der Waals surface area contributed by atoms with Crippen molar-refractivity contribution in [2.24, 2.45) is 14.1 Å². The van der Waals surface area contributed by atoms with E-state index >= 15 is 0 Å². The maximum Gasteiger partial charge on any atom is 0.328 e. The lowest BCUT2D eigenvalue weighted by Crippen LogP contribution is -2.26. The first-order valence-electron chi connectivity index (χ1n) is 7.42. The van der Waals surface area contributed by atoms with E-state index in [4.69, 9.17) is 0 Å². The van der Waals surface area contributed by atoms with Gasteiger partial charge in [0.15, 0.2) is 0 Å². The Hall–Kier alpha value is -2.57. The van der Waals surface area contributed by atoms with Crippen molar-refractivity contribution in [2.45, 2.75) is 19.3 Å². The van der Waals surface area contributed by atoms with Crippen LogP contribution >= 0.6 is 0 Å². The summed E-state index contributed by atoms with van der Waals surface area (Å²) in [5.74, 6) is -0.570. The Bertz CT molecular complexity index is 788. The van der Waals surface area contributed by atoms with Gasteiger partial charge in [0, 0.05) is 27.1 Å². The van der Waals surface area contributed by atoms with Gasteiger partial charge in [0.1, 0.15) is 0 Å². The number of benzene rings is 1. The zero-order chi connectivity index (χ0) is 17.0. The minimum absolute atomic E-state index is 0.0618. The van der Waals surface area contributed by atoms with Crippen molar-refractivity contribution in [1.82, 2.24) is 14.5 Å². The summed E-state index contributed by atoms with van der Waals surface area (Å²) in [6, 6.07) is 5.81. The molecular weight excluding hydrogens is 298 g/mol. The maximum atomic E-state index is 11.9. The van der Waals surface area contributed by atoms with Crippen LogP contribution in [0.3, 0.4) is 0 Å². The van der Waals surface area contributed by atoms with Gasteiger partial charge in [0.25, 0.3) is 0 Å². The van der Waals surface area contributed by atoms with Crippen molar-refractivity contribution in [3.63, 3.8) is 0 Å². The Balaban J connectivity index is 1.93. The topological polar surface area (TPSA) is 82.3 Å². The number of nitrogens with zero attached hydrogens (tertiary/aromatic N) is 2. The fourth-order valence-corrected chi connectivity index (χ4v) is 2.46. The molecule has 23 heavy (non-hydrogen) atoms. The fraction of sp³-hybridized carbons (Fsp3) is 0.438. The van der Waals surface area contributed by atoms with E-state index in [1.165, 1.54) is 7.11 Å². The molecule has 0 bridgehead atoms. The molecule has 0 spiro atoms. The Morgan fingerprint density at radius 3 is 2.52 bits per heavy atom. The maximum absolute atomic E-state index is 11.9. The highest BCUT2D eigenvalue weighted by molar-refractivity contribution is 5.81. The van der Waals surface area contributed by atoms with Gasteiger partial charge in [-0.15, -0.1) is 0 Å². The van der Waals surface area contributed by atoms with Crippen LogP contribution in [0.4, 0.5) is 0 Å². The lowest BCUT2D eigenvalue weighted by Gasteiger charge is -2.06. The molecule has 1 amide bonds. The van der Waals surface area contributed by atoms with Crippen molar-refractivity contribution in [2.75, 3.05) is 13.7 Å². The van der Waals surface area contributed by atoms with E-state index in [1.807, 2.05) is 18.2 Å². The number of rotatable bonds is 6. The molecule has 2 aromatic rings. The third kappa shape index (κ3) is 3.80. The minimum atomic E-state index is -0.393. The van der Waals surface area contributed by atoms with E-state index in [0.29, 0.717) is 13.0 Å². The average molecular weight is 319 g/mol. The molecule has 0 unspecified atom stereocenters. The lowest BCUT2D eigenvalue weighted by molar-refractivity contribution is -0.142. The number of carbonyl (C=O) groups is 2. The highest BCUT2D eigenvalue weighted by Crippen LogP contribution is 2.14. The number of esters is 1. The van der Waals surface area contributed by atoms with E-state index in [2.05, 4.69) is 10.1 Å². The Morgan fingerprint density at radius 2 is 1.83 bits per heavy atom. The summed E-state index contributed by atoms with van der Waals surface area (Å²) < 4.78 is 7.70. The van der Waals surface area contributed by atoms with Crippen LogP contribution in [0.15, 0.2) is 23.0 Å². The van der Waals surface area contributed by atoms with Crippen molar-refractivity contribution < 1.29 is 14.3 Å². The molecule has 2 rings (SSSR count). The molecule has 0 fully saturated rings. The number of nitrogens with one attached hydrogen (secondary N) is 1. The summed E-state index contributed by atoms with van der Waals surface area (Å²) in [6.07, 6.45) is 0.863. The molecular formula is C16H21N3O4. The van der Waals surface area contributed by atoms with E-state index in [9.17, 15) is 14.4 Å². The molecule has 7 nitrogen and oxygen atoms in total. The Labute approximate surface area is 133 Å². The van der Waals surface area contributed by atoms with Gasteiger partial charge in [-0.3, -0.25) is 18.7 Å². The van der Waals surface area contributed by atoms with Crippen molar-refractivity contribution >= 4 is 22.9 Å². The quantitative estimate of drug-likeness (QED) is 0.786. The number of amides is 1. The summed E-state index contributed by atoms with van der Waals surface area (Å²) in [4.78, 5) is 34.5. The highest BCUT2D eigenvalue weighted by atomic mass is 16.5. The van der Waals surface area contributed by atoms with Crippen LogP contribution in [-0.4, -0.2) is 34.7 Å². The Kier molecular flexibility index (Phi) is 5.20. The fourth-order valence-electron chi connectivity index (χ4n) is 2.46. The predicted octanol–water partition coefficient (Wildman–Crippen LogP) is 0.489. The van der Waals surface area contributed by atoms with Crippen LogP contribution < -0.4 is 11.0 Å². The number of aryl methyl sites for hydroxylation is 2. The molecule has 124 valence electrons. The number of ether oxygens (including phenoxy) is 1. The second kappa shape index (κ2) is 7.13. The monoisotopic (exact) mass is 319 g/mol. The van der Waals surface area contributed by atoms with Gasteiger partial charge >= 0.3 is 11.7 Å². The molecule has 7 heteroatoms. The summed E-state index contributed by atoms with van der Waals surface area (Å²) in [6.45, 7) is 0.478. The third-order valence-electron chi connectivity index (χ3n) is 3.86. The standard InChI is InChI=1S/C16H21N3O4/c1-18-12-5-4-11(10-13(12)19(2)16(18)22)8-9-17-14(20)6-7-15(21)23-3/h4-5,10H,6-9H2,1-3H3,(H,17,20). The molecule has 0 saturated carbocycles. The second-order valence-corrected chi connectivity index (χ2v) is 5.40. The lowest BCUT2D eigenvalue weighted by atomic mass is 10.1. The normalized spacial score (nSPS) is 10.7. The highest BCUT2D eigenvalue weighted by Gasteiger charge is 2.09. The first kappa shape index (κ1) is 16.8. The number of aromatic nitrogens is 2. The van der Waals surface area contributed by atoms with Gasteiger partial charge in [0.05, 0.1) is 24.6 Å². The van der Waals surface area contributed by atoms with E-state index in [1.54, 1.807) is 23.2 Å². The number of methoxy groups -OCH3 is 1.